The summed E-state index contributed by atoms with van der Waals surface area (Å²) in [6.07, 6.45) is 0. The standard InChI is InChI=1S/C19H18N2O3/c1-12-3-7-16(8-4-12)24-11-18(22)21-17-10-15(20)6-5-14(17)9-13(2)19(21)23/h3-10H,11,20H2,1-2H3. The summed E-state index contributed by atoms with van der Waals surface area (Å²) < 4.78 is 6.64. The van der Waals surface area contributed by atoms with Gasteiger partial charge < -0.3 is 10.5 Å². The van der Waals surface area contributed by atoms with Crippen molar-refractivity contribution >= 4 is 22.5 Å². The summed E-state index contributed by atoms with van der Waals surface area (Å²) in [5, 5.41) is 0.782. The number of aromatic nitrogens is 1. The number of benzene rings is 2. The molecule has 3 aromatic rings. The van der Waals surface area contributed by atoms with E-state index in [9.17, 15) is 9.59 Å². The van der Waals surface area contributed by atoms with Gasteiger partial charge in [-0.3, -0.25) is 9.59 Å². The zero-order valence-corrected chi connectivity index (χ0v) is 13.6. The third-order valence-electron chi connectivity index (χ3n) is 3.84. The smallest absolute Gasteiger partial charge is 0.271 e. The lowest BCUT2D eigenvalue weighted by molar-refractivity contribution is 0.0838. The van der Waals surface area contributed by atoms with Gasteiger partial charge in [0.25, 0.3) is 11.5 Å². The number of nitrogen functional groups attached to an aromatic ring is 1. The zero-order valence-electron chi connectivity index (χ0n) is 13.6. The fourth-order valence-electron chi connectivity index (χ4n) is 2.55. The molecule has 5 heteroatoms. The highest BCUT2D eigenvalue weighted by Gasteiger charge is 2.14. The average Bonchev–Trinajstić information content (AvgIpc) is 2.56. The number of carbonyl (C=O) groups is 1. The van der Waals surface area contributed by atoms with Crippen molar-refractivity contribution in [2.75, 3.05) is 12.3 Å². The number of ether oxygens (including phenoxy) is 1. The SMILES string of the molecule is Cc1ccc(OCC(=O)n2c(=O)c(C)cc3ccc(N)cc32)cc1. The summed E-state index contributed by atoms with van der Waals surface area (Å²) in [6.45, 7) is 3.43. The van der Waals surface area contributed by atoms with Crippen LogP contribution in [-0.4, -0.2) is 17.1 Å². The van der Waals surface area contributed by atoms with Crippen LogP contribution >= 0.6 is 0 Å². The molecular formula is C19H18N2O3. The van der Waals surface area contributed by atoms with Crippen molar-refractivity contribution in [1.82, 2.24) is 4.57 Å². The quantitative estimate of drug-likeness (QED) is 0.752. The molecule has 0 spiro atoms. The van der Waals surface area contributed by atoms with Crippen molar-refractivity contribution in [1.29, 1.82) is 0 Å². The topological polar surface area (TPSA) is 74.3 Å². The molecule has 5 nitrogen and oxygen atoms in total. The van der Waals surface area contributed by atoms with Gasteiger partial charge in [-0.2, -0.15) is 0 Å². The van der Waals surface area contributed by atoms with Crippen LogP contribution in [0.2, 0.25) is 0 Å². The van der Waals surface area contributed by atoms with Crippen molar-refractivity contribution in [3.63, 3.8) is 0 Å². The largest absolute Gasteiger partial charge is 0.484 e. The fraction of sp³-hybridized carbons (Fsp3) is 0.158. The molecule has 0 bridgehead atoms. The molecule has 0 amide bonds. The molecule has 1 aromatic heterocycles. The summed E-state index contributed by atoms with van der Waals surface area (Å²) in [5.41, 5.74) is 8.03. The maximum atomic E-state index is 12.6. The van der Waals surface area contributed by atoms with Crippen molar-refractivity contribution in [2.24, 2.45) is 0 Å². The molecular weight excluding hydrogens is 304 g/mol. The predicted octanol–water partition coefficient (Wildman–Crippen LogP) is 2.92. The van der Waals surface area contributed by atoms with Gasteiger partial charge in [0, 0.05) is 11.3 Å². The van der Waals surface area contributed by atoms with Crippen molar-refractivity contribution < 1.29 is 9.53 Å². The molecule has 0 radical (unpaired) electrons. The van der Waals surface area contributed by atoms with Crippen LogP contribution in [0.1, 0.15) is 15.9 Å². The summed E-state index contributed by atoms with van der Waals surface area (Å²) in [5.74, 6) is 0.151. The van der Waals surface area contributed by atoms with Gasteiger partial charge >= 0.3 is 0 Å². The van der Waals surface area contributed by atoms with E-state index in [-0.39, 0.29) is 12.2 Å². The second kappa shape index (κ2) is 6.20. The molecule has 3 rings (SSSR count). The van der Waals surface area contributed by atoms with Gasteiger partial charge in [0.1, 0.15) is 5.75 Å². The Hall–Kier alpha value is -3.08. The number of pyridine rings is 1. The molecule has 0 saturated heterocycles. The number of fused-ring (bicyclic) bond motifs is 1. The Morgan fingerprint density at radius 2 is 1.79 bits per heavy atom. The number of rotatable bonds is 3. The first-order valence-corrected chi connectivity index (χ1v) is 7.60. The van der Waals surface area contributed by atoms with Crippen LogP contribution in [0.4, 0.5) is 5.69 Å². The van der Waals surface area contributed by atoms with E-state index in [1.165, 1.54) is 0 Å². The molecule has 0 atom stereocenters. The first-order chi connectivity index (χ1) is 11.5. The minimum atomic E-state index is -0.431. The Morgan fingerprint density at radius 3 is 2.50 bits per heavy atom. The lowest BCUT2D eigenvalue weighted by atomic mass is 10.1. The van der Waals surface area contributed by atoms with Gasteiger partial charge in [-0.05, 0) is 49.6 Å². The van der Waals surface area contributed by atoms with E-state index >= 15 is 0 Å². The Kier molecular flexibility index (Phi) is 4.08. The highest BCUT2D eigenvalue weighted by atomic mass is 16.5. The van der Waals surface area contributed by atoms with E-state index in [4.69, 9.17) is 10.5 Å². The second-order valence-corrected chi connectivity index (χ2v) is 5.78. The molecule has 2 N–H and O–H groups in total. The minimum absolute atomic E-state index is 0.226. The summed E-state index contributed by atoms with van der Waals surface area (Å²) in [4.78, 5) is 25.0. The molecule has 0 fully saturated rings. The Balaban J connectivity index is 1.96. The van der Waals surface area contributed by atoms with E-state index < -0.39 is 5.91 Å². The van der Waals surface area contributed by atoms with Crippen LogP contribution in [0, 0.1) is 13.8 Å². The Morgan fingerprint density at radius 1 is 1.08 bits per heavy atom. The molecule has 2 aromatic carbocycles. The lowest BCUT2D eigenvalue weighted by Crippen LogP contribution is -2.32. The number of hydrogen-bond donors (Lipinski definition) is 1. The third-order valence-corrected chi connectivity index (χ3v) is 3.84. The van der Waals surface area contributed by atoms with E-state index in [0.29, 0.717) is 22.5 Å². The van der Waals surface area contributed by atoms with Crippen LogP contribution in [0.15, 0.2) is 53.3 Å². The van der Waals surface area contributed by atoms with E-state index in [2.05, 4.69) is 0 Å². The summed E-state index contributed by atoms with van der Waals surface area (Å²) in [6, 6.07) is 14.3. The number of aryl methyl sites for hydroxylation is 2. The number of anilines is 1. The molecule has 1 heterocycles. The molecule has 24 heavy (non-hydrogen) atoms. The van der Waals surface area contributed by atoms with Gasteiger partial charge in [-0.1, -0.05) is 23.8 Å². The van der Waals surface area contributed by atoms with E-state index in [1.54, 1.807) is 43.3 Å². The second-order valence-electron chi connectivity index (χ2n) is 5.78. The van der Waals surface area contributed by atoms with Crippen molar-refractivity contribution in [3.05, 3.63) is 70.0 Å². The van der Waals surface area contributed by atoms with Gasteiger partial charge in [0.05, 0.1) is 5.52 Å². The number of hydrogen-bond acceptors (Lipinski definition) is 4. The molecule has 0 unspecified atom stereocenters. The van der Waals surface area contributed by atoms with E-state index in [1.807, 2.05) is 19.1 Å². The van der Waals surface area contributed by atoms with Crippen molar-refractivity contribution in [3.8, 4) is 5.75 Å². The molecule has 0 saturated carbocycles. The van der Waals surface area contributed by atoms with Crippen LogP contribution in [0.25, 0.3) is 10.9 Å². The van der Waals surface area contributed by atoms with Gasteiger partial charge in [-0.15, -0.1) is 0 Å². The minimum Gasteiger partial charge on any atom is -0.484 e. The normalized spacial score (nSPS) is 10.8. The van der Waals surface area contributed by atoms with Crippen LogP contribution in [0.3, 0.4) is 0 Å². The molecule has 0 aliphatic rings. The van der Waals surface area contributed by atoms with E-state index in [0.717, 1.165) is 15.5 Å². The monoisotopic (exact) mass is 322 g/mol. The highest BCUT2D eigenvalue weighted by molar-refractivity contribution is 5.93. The molecule has 0 aliphatic heterocycles. The maximum absolute atomic E-state index is 12.6. The fourth-order valence-corrected chi connectivity index (χ4v) is 2.55. The number of nitrogens with two attached hydrogens (primary N) is 1. The highest BCUT2D eigenvalue weighted by Crippen LogP contribution is 2.17. The Bertz CT molecular complexity index is 972. The third kappa shape index (κ3) is 3.01. The summed E-state index contributed by atoms with van der Waals surface area (Å²) >= 11 is 0. The van der Waals surface area contributed by atoms with Gasteiger partial charge in [0.2, 0.25) is 0 Å². The van der Waals surface area contributed by atoms with Gasteiger partial charge in [0.15, 0.2) is 6.61 Å². The van der Waals surface area contributed by atoms with Crippen LogP contribution in [0.5, 0.6) is 5.75 Å². The van der Waals surface area contributed by atoms with Gasteiger partial charge in [-0.25, -0.2) is 4.57 Å². The maximum Gasteiger partial charge on any atom is 0.271 e. The molecule has 122 valence electrons. The summed E-state index contributed by atoms with van der Waals surface area (Å²) in [7, 11) is 0. The average molecular weight is 322 g/mol. The Labute approximate surface area is 139 Å². The van der Waals surface area contributed by atoms with Crippen LogP contribution < -0.4 is 16.0 Å². The number of nitrogens with zero attached hydrogens (tertiary/aromatic N) is 1. The van der Waals surface area contributed by atoms with Crippen molar-refractivity contribution in [2.45, 2.75) is 13.8 Å². The number of carbonyl (C=O) groups excluding carboxylic acids is 1. The predicted molar refractivity (Wildman–Crippen MR) is 94.7 cm³/mol. The van der Waals surface area contributed by atoms with Crippen LogP contribution in [-0.2, 0) is 0 Å². The lowest BCUT2D eigenvalue weighted by Gasteiger charge is -2.12. The first kappa shape index (κ1) is 15.8. The zero-order chi connectivity index (χ0) is 17.3. The first-order valence-electron chi connectivity index (χ1n) is 7.60. The molecule has 0 aliphatic carbocycles.